The fourth-order valence-corrected chi connectivity index (χ4v) is 8.68. The molecule has 0 aliphatic heterocycles. The lowest BCUT2D eigenvalue weighted by Gasteiger charge is -2.42. The van der Waals surface area contributed by atoms with Crippen molar-refractivity contribution < 1.29 is 9.53 Å². The van der Waals surface area contributed by atoms with E-state index in [4.69, 9.17) is 4.43 Å². The van der Waals surface area contributed by atoms with Gasteiger partial charge in [-0.3, -0.25) is 0 Å². The van der Waals surface area contributed by atoms with E-state index in [9.17, 15) is 5.11 Å². The minimum absolute atomic E-state index is 0.0955. The second-order valence-electron chi connectivity index (χ2n) is 6.24. The van der Waals surface area contributed by atoms with Crippen molar-refractivity contribution >= 4 is 8.32 Å². The van der Waals surface area contributed by atoms with Crippen LogP contribution >= 0.6 is 0 Å². The Morgan fingerprint density at radius 3 is 1.67 bits per heavy atom. The van der Waals surface area contributed by atoms with Crippen LogP contribution in [-0.4, -0.2) is 20.0 Å². The molecule has 0 radical (unpaired) electrons. The molecule has 108 valence electrons. The Kier molecular flexibility index (Phi) is 7.23. The molecule has 0 amide bonds. The van der Waals surface area contributed by atoms with Crippen molar-refractivity contribution in [3.05, 3.63) is 11.8 Å². The van der Waals surface area contributed by atoms with Crippen molar-refractivity contribution in [2.45, 2.75) is 72.0 Å². The van der Waals surface area contributed by atoms with E-state index in [-0.39, 0.29) is 5.92 Å². The Bertz CT molecular complexity index is 248. The van der Waals surface area contributed by atoms with E-state index in [1.807, 2.05) is 13.8 Å². The largest absolute Gasteiger partial charge is 0.512 e. The molecule has 0 aromatic heterocycles. The normalized spacial score (nSPS) is 15.8. The zero-order valence-corrected chi connectivity index (χ0v) is 14.4. The van der Waals surface area contributed by atoms with Gasteiger partial charge in [0.05, 0.1) is 5.76 Å². The molecule has 0 heterocycles. The molecule has 0 rings (SSSR count). The van der Waals surface area contributed by atoms with Gasteiger partial charge in [0.2, 0.25) is 0 Å². The zero-order chi connectivity index (χ0) is 14.5. The third kappa shape index (κ3) is 3.85. The van der Waals surface area contributed by atoms with Crippen molar-refractivity contribution in [1.29, 1.82) is 0 Å². The lowest BCUT2D eigenvalue weighted by molar-refractivity contribution is 0.210. The average molecular weight is 273 g/mol. The molecule has 0 bridgehead atoms. The minimum atomic E-state index is -1.79. The molecule has 1 N–H and O–H groups in total. The summed E-state index contributed by atoms with van der Waals surface area (Å²) in [5.41, 5.74) is 1.78. The Morgan fingerprint density at radius 1 is 1.00 bits per heavy atom. The molecule has 0 spiro atoms. The molecule has 18 heavy (non-hydrogen) atoms. The summed E-state index contributed by atoms with van der Waals surface area (Å²) >= 11 is 0. The molecule has 1 atom stereocenters. The molecule has 0 unspecified atom stereocenters. The summed E-state index contributed by atoms with van der Waals surface area (Å²) in [7, 11) is -1.79. The van der Waals surface area contributed by atoms with E-state index in [1.165, 1.54) is 0 Å². The second-order valence-corrected chi connectivity index (χ2v) is 11.7. The van der Waals surface area contributed by atoms with Crippen molar-refractivity contribution in [2.24, 2.45) is 5.92 Å². The molecule has 0 aromatic carbocycles. The van der Waals surface area contributed by atoms with Crippen LogP contribution in [0.15, 0.2) is 11.8 Å². The zero-order valence-electron chi connectivity index (χ0n) is 13.4. The number of allylic oxidation sites excluding steroid dienone is 1. The Labute approximate surface area is 115 Å². The van der Waals surface area contributed by atoms with E-state index < -0.39 is 8.32 Å². The molecule has 0 fully saturated rings. The first-order chi connectivity index (χ1) is 8.20. The number of aliphatic hydroxyl groups is 1. The maximum Gasteiger partial charge on any atom is 0.200 e. The molecular weight excluding hydrogens is 240 g/mol. The number of hydrogen-bond acceptors (Lipinski definition) is 2. The highest BCUT2D eigenvalue weighted by atomic mass is 28.4. The Balaban J connectivity index is 4.92. The van der Waals surface area contributed by atoms with Gasteiger partial charge in [0.1, 0.15) is 0 Å². The SMILES string of the molecule is C/C=C(/O)[C@H](C)CO[Si](C(C)C)(C(C)C)C(C)C. The third-order valence-corrected chi connectivity index (χ3v) is 10.2. The van der Waals surface area contributed by atoms with Crippen molar-refractivity contribution in [2.75, 3.05) is 6.61 Å². The number of aliphatic hydroxyl groups excluding tert-OH is 1. The summed E-state index contributed by atoms with van der Waals surface area (Å²) in [6, 6.07) is 0. The molecule has 0 saturated heterocycles. The van der Waals surface area contributed by atoms with Crippen LogP contribution < -0.4 is 0 Å². The van der Waals surface area contributed by atoms with Crippen LogP contribution in [-0.2, 0) is 4.43 Å². The minimum Gasteiger partial charge on any atom is -0.512 e. The van der Waals surface area contributed by atoms with Gasteiger partial charge < -0.3 is 9.53 Å². The number of hydrogen-bond donors (Lipinski definition) is 1. The van der Waals surface area contributed by atoms with Crippen molar-refractivity contribution in [3.8, 4) is 0 Å². The Morgan fingerprint density at radius 2 is 1.39 bits per heavy atom. The summed E-state index contributed by atoms with van der Waals surface area (Å²) in [6.45, 7) is 18.2. The molecule has 0 aromatic rings. The monoisotopic (exact) mass is 272 g/mol. The van der Waals surface area contributed by atoms with Crippen LogP contribution in [0.3, 0.4) is 0 Å². The fourth-order valence-electron chi connectivity index (χ4n) is 3.14. The molecule has 3 heteroatoms. The van der Waals surface area contributed by atoms with Crippen LogP contribution in [0.4, 0.5) is 0 Å². The molecular formula is C15H32O2Si. The van der Waals surface area contributed by atoms with Gasteiger partial charge in [-0.05, 0) is 29.6 Å². The van der Waals surface area contributed by atoms with E-state index >= 15 is 0 Å². The van der Waals surface area contributed by atoms with Crippen LogP contribution in [0.5, 0.6) is 0 Å². The van der Waals surface area contributed by atoms with E-state index in [2.05, 4.69) is 41.5 Å². The van der Waals surface area contributed by atoms with E-state index in [0.717, 1.165) is 0 Å². The van der Waals surface area contributed by atoms with Gasteiger partial charge in [-0.15, -0.1) is 0 Å². The summed E-state index contributed by atoms with van der Waals surface area (Å²) in [5, 5.41) is 9.74. The first-order valence-corrected chi connectivity index (χ1v) is 9.33. The van der Waals surface area contributed by atoms with Gasteiger partial charge in [-0.2, -0.15) is 0 Å². The molecule has 0 saturated carbocycles. The topological polar surface area (TPSA) is 29.5 Å². The Hall–Kier alpha value is -0.283. The summed E-state index contributed by atoms with van der Waals surface area (Å²) in [6.07, 6.45) is 1.76. The summed E-state index contributed by atoms with van der Waals surface area (Å²) in [4.78, 5) is 0. The van der Waals surface area contributed by atoms with E-state index in [0.29, 0.717) is 29.0 Å². The highest BCUT2D eigenvalue weighted by molar-refractivity contribution is 6.77. The first-order valence-electron chi connectivity index (χ1n) is 7.19. The second kappa shape index (κ2) is 7.34. The predicted octanol–water partition coefficient (Wildman–Crippen LogP) is 5.28. The third-order valence-electron chi connectivity index (χ3n) is 4.09. The van der Waals surface area contributed by atoms with Crippen molar-refractivity contribution in [3.63, 3.8) is 0 Å². The number of rotatable bonds is 7. The summed E-state index contributed by atoms with van der Waals surface area (Å²) in [5.74, 6) is 0.535. The standard InChI is InChI=1S/C15H32O2Si/c1-9-15(16)14(8)10-17-18(11(2)3,12(4)5)13(6)7/h9,11-14,16H,10H2,1-8H3/b15-9+/t14-/m1/s1. The highest BCUT2D eigenvalue weighted by Crippen LogP contribution is 2.42. The van der Waals surface area contributed by atoms with Gasteiger partial charge in [0.25, 0.3) is 0 Å². The van der Waals surface area contributed by atoms with Crippen LogP contribution in [0.1, 0.15) is 55.4 Å². The predicted molar refractivity (Wildman–Crippen MR) is 82.5 cm³/mol. The molecule has 0 aliphatic rings. The lowest BCUT2D eigenvalue weighted by Crippen LogP contribution is -2.48. The van der Waals surface area contributed by atoms with Crippen LogP contribution in [0, 0.1) is 5.92 Å². The molecule has 0 aliphatic carbocycles. The van der Waals surface area contributed by atoms with Crippen molar-refractivity contribution in [1.82, 2.24) is 0 Å². The van der Waals surface area contributed by atoms with Gasteiger partial charge in [0, 0.05) is 12.5 Å². The lowest BCUT2D eigenvalue weighted by atomic mass is 10.1. The summed E-state index contributed by atoms with van der Waals surface area (Å²) < 4.78 is 6.44. The fraction of sp³-hybridized carbons (Fsp3) is 0.867. The van der Waals surface area contributed by atoms with Gasteiger partial charge in [0.15, 0.2) is 8.32 Å². The van der Waals surface area contributed by atoms with Crippen LogP contribution in [0.2, 0.25) is 16.6 Å². The van der Waals surface area contributed by atoms with E-state index in [1.54, 1.807) is 6.08 Å². The van der Waals surface area contributed by atoms with Crippen LogP contribution in [0.25, 0.3) is 0 Å². The quantitative estimate of drug-likeness (QED) is 0.505. The van der Waals surface area contributed by atoms with Gasteiger partial charge in [-0.1, -0.05) is 48.5 Å². The van der Waals surface area contributed by atoms with Gasteiger partial charge >= 0.3 is 0 Å². The smallest absolute Gasteiger partial charge is 0.200 e. The highest BCUT2D eigenvalue weighted by Gasteiger charge is 2.45. The molecule has 2 nitrogen and oxygen atoms in total. The maximum absolute atomic E-state index is 9.74. The maximum atomic E-state index is 9.74. The average Bonchev–Trinajstić information content (AvgIpc) is 2.26. The van der Waals surface area contributed by atoms with Gasteiger partial charge in [-0.25, -0.2) is 0 Å². The first kappa shape index (κ1) is 17.7.